The molecule has 2 aliphatic heterocycles. The van der Waals surface area contributed by atoms with Crippen LogP contribution < -0.4 is 0 Å². The Bertz CT molecular complexity index is 799. The molecule has 1 fully saturated rings. The Kier molecular flexibility index (Phi) is 5.16. The van der Waals surface area contributed by atoms with E-state index in [1.165, 1.54) is 5.69 Å². The van der Waals surface area contributed by atoms with Crippen LogP contribution in [-0.4, -0.2) is 50.9 Å². The number of piperidine rings is 1. The zero-order valence-electron chi connectivity index (χ0n) is 14.1. The molecule has 2 aliphatic rings. The highest BCUT2D eigenvalue weighted by molar-refractivity contribution is 5.85. The van der Waals surface area contributed by atoms with Crippen LogP contribution in [0.5, 0.6) is 0 Å². The summed E-state index contributed by atoms with van der Waals surface area (Å²) in [6, 6.07) is 6.05. The van der Waals surface area contributed by atoms with Gasteiger partial charge >= 0.3 is 12.1 Å². The van der Waals surface area contributed by atoms with Crippen LogP contribution in [0.3, 0.4) is 0 Å². The average molecular weight is 389 g/mol. The molecule has 0 unspecified atom stereocenters. The number of hydrogen-bond acceptors (Lipinski definition) is 3. The smallest absolute Gasteiger partial charge is 0.335 e. The van der Waals surface area contributed by atoms with E-state index in [4.69, 9.17) is 0 Å². The summed E-state index contributed by atoms with van der Waals surface area (Å²) >= 11 is 0. The molecule has 9 heteroatoms. The molecule has 4 rings (SSSR count). The summed E-state index contributed by atoms with van der Waals surface area (Å²) in [5.74, 6) is -1.40. The third-order valence-electron chi connectivity index (χ3n) is 5.12. The minimum atomic E-state index is -4.77. The second kappa shape index (κ2) is 7.08. The van der Waals surface area contributed by atoms with Gasteiger partial charge in [-0.25, -0.2) is 4.98 Å². The Morgan fingerprint density at radius 3 is 2.54 bits per heavy atom. The van der Waals surface area contributed by atoms with Gasteiger partial charge in [-0.2, -0.15) is 13.2 Å². The average Bonchev–Trinajstić information content (AvgIpc) is 2.99. The summed E-state index contributed by atoms with van der Waals surface area (Å²) in [5, 5.41) is 0. The lowest BCUT2D eigenvalue weighted by Gasteiger charge is -2.36. The number of pyridine rings is 1. The van der Waals surface area contributed by atoms with Gasteiger partial charge in [-0.05, 0) is 30.9 Å². The molecule has 2 aromatic heterocycles. The van der Waals surface area contributed by atoms with Crippen LogP contribution in [0.4, 0.5) is 13.2 Å². The largest absolute Gasteiger partial charge is 0.471 e. The lowest BCUT2D eigenvalue weighted by molar-refractivity contribution is -0.186. The zero-order valence-corrected chi connectivity index (χ0v) is 14.9. The van der Waals surface area contributed by atoms with Crippen LogP contribution in [0.1, 0.15) is 24.2 Å². The zero-order chi connectivity index (χ0) is 17.6. The highest BCUT2D eigenvalue weighted by atomic mass is 35.5. The van der Waals surface area contributed by atoms with Crippen LogP contribution in [-0.2, 0) is 17.9 Å². The molecule has 142 valence electrons. The number of rotatable bonds is 2. The van der Waals surface area contributed by atoms with Crippen LogP contribution in [0.2, 0.25) is 0 Å². The van der Waals surface area contributed by atoms with Crippen molar-refractivity contribution in [2.24, 2.45) is 5.92 Å². The van der Waals surface area contributed by atoms with Crippen molar-refractivity contribution in [1.29, 1.82) is 0 Å². The summed E-state index contributed by atoms with van der Waals surface area (Å²) < 4.78 is 39.7. The van der Waals surface area contributed by atoms with Crippen molar-refractivity contribution in [2.75, 3.05) is 19.6 Å². The van der Waals surface area contributed by atoms with Crippen molar-refractivity contribution < 1.29 is 18.0 Å². The van der Waals surface area contributed by atoms with E-state index in [0.29, 0.717) is 18.8 Å². The van der Waals surface area contributed by atoms with E-state index in [0.717, 1.165) is 35.9 Å². The number of amides is 1. The molecule has 0 radical (unpaired) electrons. The highest BCUT2D eigenvalue weighted by Gasteiger charge is 2.43. The number of likely N-dealkylation sites (tertiary alicyclic amines) is 1. The summed E-state index contributed by atoms with van der Waals surface area (Å²) in [6.07, 6.45) is -1.66. The molecular formula is C17H20ClF3N4O. The predicted octanol–water partition coefficient (Wildman–Crippen LogP) is 2.87. The maximum atomic E-state index is 12.5. The third kappa shape index (κ3) is 3.53. The van der Waals surface area contributed by atoms with E-state index in [-0.39, 0.29) is 25.5 Å². The van der Waals surface area contributed by atoms with Crippen LogP contribution in [0.15, 0.2) is 24.4 Å². The van der Waals surface area contributed by atoms with Gasteiger partial charge in [0.15, 0.2) is 0 Å². The van der Waals surface area contributed by atoms with Crippen molar-refractivity contribution in [3.63, 3.8) is 0 Å². The van der Waals surface area contributed by atoms with Crippen molar-refractivity contribution >= 4 is 24.0 Å². The van der Waals surface area contributed by atoms with Crippen molar-refractivity contribution in [3.05, 3.63) is 35.8 Å². The van der Waals surface area contributed by atoms with Gasteiger partial charge in [0.25, 0.3) is 0 Å². The van der Waals surface area contributed by atoms with E-state index in [1.807, 2.05) is 18.3 Å². The van der Waals surface area contributed by atoms with E-state index in [9.17, 15) is 18.0 Å². The van der Waals surface area contributed by atoms with Crippen molar-refractivity contribution in [1.82, 2.24) is 19.2 Å². The fourth-order valence-corrected chi connectivity index (χ4v) is 3.91. The number of halogens is 4. The third-order valence-corrected chi connectivity index (χ3v) is 5.12. The fourth-order valence-electron chi connectivity index (χ4n) is 3.91. The topological polar surface area (TPSA) is 40.9 Å². The molecule has 0 atom stereocenters. The first kappa shape index (κ1) is 19.0. The lowest BCUT2D eigenvalue weighted by atomic mass is 9.95. The standard InChI is InChI=1S/C17H19F3N4O.ClH/c18-17(19,20)16(25)23-6-4-12(5-7-23)9-22-10-13-2-1-3-15-21-8-14(11-22)24(13)15;/h1-3,8,12H,4-7,9-11H2;1H. The molecule has 4 heterocycles. The number of hydrogen-bond donors (Lipinski definition) is 0. The van der Waals surface area contributed by atoms with E-state index < -0.39 is 12.1 Å². The van der Waals surface area contributed by atoms with E-state index in [1.54, 1.807) is 0 Å². The number of carbonyl (C=O) groups is 1. The molecule has 2 aromatic rings. The molecule has 0 N–H and O–H groups in total. The fraction of sp³-hybridized carbons (Fsp3) is 0.529. The predicted molar refractivity (Wildman–Crippen MR) is 91.9 cm³/mol. The first-order valence-electron chi connectivity index (χ1n) is 8.44. The van der Waals surface area contributed by atoms with Gasteiger partial charge in [0.05, 0.1) is 11.9 Å². The molecule has 5 nitrogen and oxygen atoms in total. The molecule has 0 saturated carbocycles. The Labute approximate surface area is 155 Å². The summed E-state index contributed by atoms with van der Waals surface area (Å²) in [6.45, 7) is 2.80. The molecule has 0 aliphatic carbocycles. The SMILES string of the molecule is Cl.O=C(N1CCC(CN2Cc3cccc4ncc(n34)C2)CC1)C(F)(F)F. The van der Waals surface area contributed by atoms with Crippen molar-refractivity contribution in [3.8, 4) is 0 Å². The highest BCUT2D eigenvalue weighted by Crippen LogP contribution is 2.27. The number of carbonyl (C=O) groups excluding carboxylic acids is 1. The molecule has 0 bridgehead atoms. The molecular weight excluding hydrogens is 369 g/mol. The molecule has 1 amide bonds. The molecule has 0 aromatic carbocycles. The van der Waals surface area contributed by atoms with Gasteiger partial charge in [-0.15, -0.1) is 12.4 Å². The van der Waals surface area contributed by atoms with Gasteiger partial charge in [-0.3, -0.25) is 14.1 Å². The lowest BCUT2D eigenvalue weighted by Crippen LogP contribution is -2.46. The number of imidazole rings is 1. The molecule has 1 saturated heterocycles. The maximum absolute atomic E-state index is 12.5. The van der Waals surface area contributed by atoms with E-state index in [2.05, 4.69) is 20.4 Å². The first-order valence-corrected chi connectivity index (χ1v) is 8.44. The number of alkyl halides is 3. The summed E-state index contributed by atoms with van der Waals surface area (Å²) in [7, 11) is 0. The second-order valence-corrected chi connectivity index (χ2v) is 6.86. The summed E-state index contributed by atoms with van der Waals surface area (Å²) in [5.41, 5.74) is 3.27. The van der Waals surface area contributed by atoms with Crippen LogP contribution in [0, 0.1) is 5.92 Å². The quantitative estimate of drug-likeness (QED) is 0.794. The van der Waals surface area contributed by atoms with Gasteiger partial charge < -0.3 is 4.90 Å². The first-order chi connectivity index (χ1) is 11.9. The minimum absolute atomic E-state index is 0. The normalized spacial score (nSPS) is 18.8. The Balaban J connectivity index is 0.00000196. The van der Waals surface area contributed by atoms with E-state index >= 15 is 0 Å². The Morgan fingerprint density at radius 1 is 1.15 bits per heavy atom. The van der Waals surface area contributed by atoms with Gasteiger partial charge in [0.1, 0.15) is 5.65 Å². The Hall–Kier alpha value is -1.80. The Morgan fingerprint density at radius 2 is 1.85 bits per heavy atom. The van der Waals surface area contributed by atoms with Crippen LogP contribution >= 0.6 is 12.4 Å². The molecule has 26 heavy (non-hydrogen) atoms. The van der Waals surface area contributed by atoms with Crippen molar-refractivity contribution in [2.45, 2.75) is 32.1 Å². The summed E-state index contributed by atoms with van der Waals surface area (Å²) in [4.78, 5) is 19.0. The van der Waals surface area contributed by atoms with Gasteiger partial charge in [0, 0.05) is 38.4 Å². The van der Waals surface area contributed by atoms with Gasteiger partial charge in [0.2, 0.25) is 0 Å². The number of nitrogens with zero attached hydrogens (tertiary/aromatic N) is 4. The minimum Gasteiger partial charge on any atom is -0.335 e. The monoisotopic (exact) mass is 388 g/mol. The van der Waals surface area contributed by atoms with Gasteiger partial charge in [-0.1, -0.05) is 6.07 Å². The second-order valence-electron chi connectivity index (χ2n) is 6.86. The number of aromatic nitrogens is 2. The van der Waals surface area contributed by atoms with Crippen LogP contribution in [0.25, 0.3) is 5.65 Å². The maximum Gasteiger partial charge on any atom is 0.471 e. The molecule has 0 spiro atoms.